The zero-order valence-electron chi connectivity index (χ0n) is 12.9. The van der Waals surface area contributed by atoms with E-state index in [4.69, 9.17) is 4.42 Å². The van der Waals surface area contributed by atoms with E-state index in [-0.39, 0.29) is 6.61 Å². The summed E-state index contributed by atoms with van der Waals surface area (Å²) in [4.78, 5) is 2.33. The molecule has 1 N–H and O–H groups in total. The average Bonchev–Trinajstić information content (AvgIpc) is 3.03. The molecule has 0 atom stereocenters. The number of furan rings is 1. The highest BCUT2D eigenvalue weighted by atomic mass is 16.4. The van der Waals surface area contributed by atoms with Gasteiger partial charge in [-0.1, -0.05) is 19.3 Å². The fourth-order valence-corrected chi connectivity index (χ4v) is 3.65. The number of aliphatic hydroxyl groups is 1. The van der Waals surface area contributed by atoms with Gasteiger partial charge in [0.25, 0.3) is 0 Å². The van der Waals surface area contributed by atoms with Crippen LogP contribution in [0.1, 0.15) is 57.1 Å². The molecule has 1 aliphatic heterocycles. The smallest absolute Gasteiger partial charge is 0.196 e. The summed E-state index contributed by atoms with van der Waals surface area (Å²) in [6.45, 7) is 2.36. The summed E-state index contributed by atoms with van der Waals surface area (Å²) in [5.74, 6) is 2.43. The van der Waals surface area contributed by atoms with Crippen LogP contribution in [0.25, 0.3) is 6.08 Å². The van der Waals surface area contributed by atoms with E-state index in [0.29, 0.717) is 5.92 Å². The zero-order chi connectivity index (χ0) is 14.5. The zero-order valence-corrected chi connectivity index (χ0v) is 12.9. The van der Waals surface area contributed by atoms with E-state index in [1.807, 2.05) is 6.07 Å². The van der Waals surface area contributed by atoms with Crippen LogP contribution < -0.4 is 4.90 Å². The maximum Gasteiger partial charge on any atom is 0.196 e. The van der Waals surface area contributed by atoms with Crippen molar-refractivity contribution < 1.29 is 9.52 Å². The largest absolute Gasteiger partial charge is 0.441 e. The Kier molecular flexibility index (Phi) is 5.02. The molecule has 0 spiro atoms. The summed E-state index contributed by atoms with van der Waals surface area (Å²) in [6, 6.07) is 4.12. The first-order chi connectivity index (χ1) is 10.4. The van der Waals surface area contributed by atoms with Gasteiger partial charge in [0.05, 0.1) is 6.61 Å². The SMILES string of the molecule is OC/C(=C/c1ccc(N2CCCCC2)o1)C1CCCCC1. The third-order valence-corrected chi connectivity index (χ3v) is 4.92. The molecule has 3 nitrogen and oxygen atoms in total. The molecule has 0 radical (unpaired) electrons. The molecule has 3 heteroatoms. The lowest BCUT2D eigenvalue weighted by Crippen LogP contribution is -2.28. The van der Waals surface area contributed by atoms with E-state index < -0.39 is 0 Å². The molecule has 21 heavy (non-hydrogen) atoms. The van der Waals surface area contributed by atoms with Crippen LogP contribution in [0.4, 0.5) is 5.88 Å². The topological polar surface area (TPSA) is 36.6 Å². The Morgan fingerprint density at radius 3 is 2.52 bits per heavy atom. The Bertz CT molecular complexity index is 465. The summed E-state index contributed by atoms with van der Waals surface area (Å²) in [5, 5.41) is 9.67. The van der Waals surface area contributed by atoms with Crippen molar-refractivity contribution in [3.63, 3.8) is 0 Å². The van der Waals surface area contributed by atoms with Gasteiger partial charge < -0.3 is 14.4 Å². The van der Waals surface area contributed by atoms with Crippen LogP contribution in [0.3, 0.4) is 0 Å². The average molecular weight is 289 g/mol. The highest BCUT2D eigenvalue weighted by Gasteiger charge is 2.18. The molecule has 2 heterocycles. The normalized spacial score (nSPS) is 21.8. The summed E-state index contributed by atoms with van der Waals surface area (Å²) in [6.07, 6.45) is 12.3. The van der Waals surface area contributed by atoms with Crippen LogP contribution >= 0.6 is 0 Å². The number of rotatable bonds is 4. The van der Waals surface area contributed by atoms with E-state index in [1.165, 1.54) is 51.4 Å². The van der Waals surface area contributed by atoms with E-state index in [9.17, 15) is 5.11 Å². The Labute approximate surface area is 127 Å². The van der Waals surface area contributed by atoms with Crippen molar-refractivity contribution in [2.45, 2.75) is 51.4 Å². The van der Waals surface area contributed by atoms with Crippen LogP contribution in [0.2, 0.25) is 0 Å². The van der Waals surface area contributed by atoms with Crippen molar-refractivity contribution in [3.8, 4) is 0 Å². The molecule has 1 saturated heterocycles. The Morgan fingerprint density at radius 1 is 1.10 bits per heavy atom. The van der Waals surface area contributed by atoms with E-state index in [2.05, 4.69) is 17.0 Å². The number of aliphatic hydroxyl groups excluding tert-OH is 1. The summed E-state index contributed by atoms with van der Waals surface area (Å²) in [7, 11) is 0. The van der Waals surface area contributed by atoms with Crippen LogP contribution in [-0.2, 0) is 0 Å². The van der Waals surface area contributed by atoms with Gasteiger partial charge in [0, 0.05) is 19.2 Å². The van der Waals surface area contributed by atoms with Gasteiger partial charge in [-0.25, -0.2) is 0 Å². The Morgan fingerprint density at radius 2 is 1.81 bits per heavy atom. The molecule has 1 aromatic heterocycles. The standard InChI is InChI=1S/C18H27NO2/c20-14-16(15-7-3-1-4-8-15)13-17-9-10-18(21-17)19-11-5-2-6-12-19/h9-10,13,15,20H,1-8,11-12,14H2/b16-13-. The fourth-order valence-electron chi connectivity index (χ4n) is 3.65. The fraction of sp³-hybridized carbons (Fsp3) is 0.667. The molecule has 0 unspecified atom stereocenters. The first-order valence-electron chi connectivity index (χ1n) is 8.53. The molecule has 0 aromatic carbocycles. The van der Waals surface area contributed by atoms with Gasteiger partial charge in [-0.3, -0.25) is 0 Å². The van der Waals surface area contributed by atoms with E-state index in [1.54, 1.807) is 0 Å². The minimum absolute atomic E-state index is 0.157. The Balaban J connectivity index is 1.70. The number of hydrogen-bond acceptors (Lipinski definition) is 3. The highest BCUT2D eigenvalue weighted by molar-refractivity contribution is 5.52. The maximum absolute atomic E-state index is 9.67. The van der Waals surface area contributed by atoms with Crippen molar-refractivity contribution >= 4 is 12.0 Å². The second kappa shape index (κ2) is 7.17. The van der Waals surface area contributed by atoms with Crippen LogP contribution in [0.15, 0.2) is 22.1 Å². The molecule has 0 bridgehead atoms. The van der Waals surface area contributed by atoms with Crippen molar-refractivity contribution in [2.75, 3.05) is 24.6 Å². The van der Waals surface area contributed by atoms with Crippen molar-refractivity contribution in [1.29, 1.82) is 0 Å². The maximum atomic E-state index is 9.67. The van der Waals surface area contributed by atoms with Crippen molar-refractivity contribution in [2.24, 2.45) is 5.92 Å². The van der Waals surface area contributed by atoms with Crippen LogP contribution in [0.5, 0.6) is 0 Å². The summed E-state index contributed by atoms with van der Waals surface area (Å²) >= 11 is 0. The van der Waals surface area contributed by atoms with Gasteiger partial charge >= 0.3 is 0 Å². The van der Waals surface area contributed by atoms with Gasteiger partial charge in [0.1, 0.15) is 5.76 Å². The minimum atomic E-state index is 0.157. The highest BCUT2D eigenvalue weighted by Crippen LogP contribution is 2.31. The number of piperidine rings is 1. The number of anilines is 1. The molecule has 2 aliphatic rings. The monoisotopic (exact) mass is 289 g/mol. The predicted octanol–water partition coefficient (Wildman–Crippen LogP) is 4.23. The lowest BCUT2D eigenvalue weighted by Gasteiger charge is -2.26. The summed E-state index contributed by atoms with van der Waals surface area (Å²) in [5.41, 5.74) is 1.15. The van der Waals surface area contributed by atoms with Crippen molar-refractivity contribution in [3.05, 3.63) is 23.5 Å². The molecule has 3 rings (SSSR count). The molecular formula is C18H27NO2. The Hall–Kier alpha value is -1.22. The minimum Gasteiger partial charge on any atom is -0.441 e. The van der Waals surface area contributed by atoms with Crippen LogP contribution in [-0.4, -0.2) is 24.8 Å². The second-order valence-corrected chi connectivity index (χ2v) is 6.44. The molecule has 1 saturated carbocycles. The third-order valence-electron chi connectivity index (χ3n) is 4.92. The number of hydrogen-bond donors (Lipinski definition) is 1. The molecule has 116 valence electrons. The van der Waals surface area contributed by atoms with Crippen LogP contribution in [0, 0.1) is 5.92 Å². The second-order valence-electron chi connectivity index (χ2n) is 6.44. The lowest BCUT2D eigenvalue weighted by molar-refractivity contribution is 0.294. The van der Waals surface area contributed by atoms with Gasteiger partial charge in [-0.15, -0.1) is 0 Å². The molecule has 1 aliphatic carbocycles. The molecule has 1 aromatic rings. The first kappa shape index (κ1) is 14.7. The van der Waals surface area contributed by atoms with E-state index >= 15 is 0 Å². The molecular weight excluding hydrogens is 262 g/mol. The van der Waals surface area contributed by atoms with Crippen molar-refractivity contribution in [1.82, 2.24) is 0 Å². The van der Waals surface area contributed by atoms with E-state index in [0.717, 1.165) is 30.3 Å². The summed E-state index contributed by atoms with van der Waals surface area (Å²) < 4.78 is 5.98. The van der Waals surface area contributed by atoms with Gasteiger partial charge in [0.15, 0.2) is 5.88 Å². The van der Waals surface area contributed by atoms with Gasteiger partial charge in [-0.05, 0) is 55.7 Å². The molecule has 2 fully saturated rings. The molecule has 0 amide bonds. The van der Waals surface area contributed by atoms with Gasteiger partial charge in [-0.2, -0.15) is 0 Å². The first-order valence-corrected chi connectivity index (χ1v) is 8.53. The third kappa shape index (κ3) is 3.70. The lowest BCUT2D eigenvalue weighted by atomic mass is 9.83. The quantitative estimate of drug-likeness (QED) is 0.901. The predicted molar refractivity (Wildman–Crippen MR) is 86.4 cm³/mol. The van der Waals surface area contributed by atoms with Gasteiger partial charge in [0.2, 0.25) is 0 Å². The number of nitrogens with zero attached hydrogens (tertiary/aromatic N) is 1.